The molecule has 1 saturated heterocycles. The van der Waals surface area contributed by atoms with Crippen LogP contribution in [0.4, 0.5) is 0 Å². The molecule has 1 aliphatic heterocycles. The number of hydrogen-bond donors (Lipinski definition) is 1. The molecule has 1 fully saturated rings. The molecule has 2 atom stereocenters. The van der Waals surface area contributed by atoms with Gasteiger partial charge >= 0.3 is 0 Å². The van der Waals surface area contributed by atoms with Crippen molar-refractivity contribution in [3.05, 3.63) is 33.8 Å². The summed E-state index contributed by atoms with van der Waals surface area (Å²) in [4.78, 5) is 4.69. The Labute approximate surface area is 142 Å². The minimum atomic E-state index is -0.621. The fourth-order valence-corrected chi connectivity index (χ4v) is 3.31. The molecule has 0 unspecified atom stereocenters. The van der Waals surface area contributed by atoms with Crippen LogP contribution in [-0.4, -0.2) is 67.4 Å². The van der Waals surface area contributed by atoms with E-state index in [1.54, 1.807) is 25.3 Å². The van der Waals surface area contributed by atoms with E-state index in [0.29, 0.717) is 28.2 Å². The average molecular weight is 347 g/mol. The number of nitrogens with zero attached hydrogens (tertiary/aromatic N) is 2. The number of rotatable bonds is 6. The van der Waals surface area contributed by atoms with Crippen LogP contribution < -0.4 is 0 Å². The highest BCUT2D eigenvalue weighted by molar-refractivity contribution is 6.33. The third-order valence-electron chi connectivity index (χ3n) is 4.18. The second-order valence-corrected chi connectivity index (χ2v) is 6.66. The summed E-state index contributed by atoms with van der Waals surface area (Å²) in [5.41, 5.74) is 0.698. The molecular formula is C16H24Cl2N2O2. The van der Waals surface area contributed by atoms with Crippen LogP contribution in [0.5, 0.6) is 0 Å². The van der Waals surface area contributed by atoms with Crippen molar-refractivity contribution in [3.8, 4) is 0 Å². The highest BCUT2D eigenvalue weighted by Gasteiger charge is 2.25. The summed E-state index contributed by atoms with van der Waals surface area (Å²) in [6.07, 6.45) is -0.621. The Bertz CT molecular complexity index is 487. The smallest absolute Gasteiger partial charge is 0.0931 e. The summed E-state index contributed by atoms with van der Waals surface area (Å²) in [7, 11) is 1.73. The van der Waals surface area contributed by atoms with Gasteiger partial charge in [0.25, 0.3) is 0 Å². The minimum absolute atomic E-state index is 0.450. The number of aliphatic hydroxyl groups is 1. The molecule has 124 valence electrons. The van der Waals surface area contributed by atoms with Gasteiger partial charge in [-0.25, -0.2) is 0 Å². The highest BCUT2D eigenvalue weighted by atomic mass is 35.5. The van der Waals surface area contributed by atoms with Gasteiger partial charge in [-0.3, -0.25) is 9.80 Å². The Morgan fingerprint density at radius 1 is 1.36 bits per heavy atom. The maximum atomic E-state index is 10.5. The molecule has 0 aliphatic carbocycles. The molecule has 1 aliphatic rings. The van der Waals surface area contributed by atoms with Crippen molar-refractivity contribution in [1.29, 1.82) is 0 Å². The lowest BCUT2D eigenvalue weighted by Gasteiger charge is -2.40. The van der Waals surface area contributed by atoms with Gasteiger partial charge in [-0.1, -0.05) is 23.2 Å². The Balaban J connectivity index is 1.90. The molecule has 1 aromatic carbocycles. The van der Waals surface area contributed by atoms with Crippen LogP contribution in [0.25, 0.3) is 0 Å². The molecule has 4 nitrogen and oxygen atoms in total. The summed E-state index contributed by atoms with van der Waals surface area (Å²) < 4.78 is 5.14. The zero-order valence-electron chi connectivity index (χ0n) is 13.1. The number of ether oxygens (including phenoxy) is 1. The molecule has 0 aromatic heterocycles. The van der Waals surface area contributed by atoms with Crippen LogP contribution in [0.15, 0.2) is 18.2 Å². The topological polar surface area (TPSA) is 35.9 Å². The van der Waals surface area contributed by atoms with Gasteiger partial charge in [0, 0.05) is 61.5 Å². The fraction of sp³-hybridized carbons (Fsp3) is 0.625. The number of hydrogen-bond acceptors (Lipinski definition) is 4. The monoisotopic (exact) mass is 346 g/mol. The van der Waals surface area contributed by atoms with E-state index in [4.69, 9.17) is 27.9 Å². The predicted molar refractivity (Wildman–Crippen MR) is 90.8 cm³/mol. The first-order valence-electron chi connectivity index (χ1n) is 7.59. The third kappa shape index (κ3) is 4.82. The SMILES string of the molecule is COCCN1CCN(C[C@H](O)c2cc(Cl)ccc2Cl)C[C@@H]1C. The van der Waals surface area contributed by atoms with Gasteiger partial charge in [-0.05, 0) is 25.1 Å². The Hall–Kier alpha value is -0.360. The number of β-amino-alcohol motifs (C(OH)–C–C–N with tert-alkyl or cyclic N) is 1. The van der Waals surface area contributed by atoms with Crippen molar-refractivity contribution in [3.63, 3.8) is 0 Å². The number of benzene rings is 1. The quantitative estimate of drug-likeness (QED) is 0.858. The summed E-state index contributed by atoms with van der Waals surface area (Å²) in [6.45, 7) is 7.34. The maximum Gasteiger partial charge on any atom is 0.0931 e. The van der Waals surface area contributed by atoms with Gasteiger partial charge < -0.3 is 9.84 Å². The molecule has 0 radical (unpaired) electrons. The minimum Gasteiger partial charge on any atom is -0.387 e. The van der Waals surface area contributed by atoms with Crippen LogP contribution in [0.3, 0.4) is 0 Å². The zero-order chi connectivity index (χ0) is 16.1. The van der Waals surface area contributed by atoms with Crippen molar-refractivity contribution >= 4 is 23.2 Å². The average Bonchev–Trinajstić information content (AvgIpc) is 2.49. The Kier molecular flexibility index (Phi) is 6.93. The molecular weight excluding hydrogens is 323 g/mol. The van der Waals surface area contributed by atoms with Crippen molar-refractivity contribution in [2.24, 2.45) is 0 Å². The lowest BCUT2D eigenvalue weighted by molar-refractivity contribution is 0.0331. The highest BCUT2D eigenvalue weighted by Crippen LogP contribution is 2.27. The molecule has 6 heteroatoms. The first-order chi connectivity index (χ1) is 10.5. The Morgan fingerprint density at radius 2 is 2.14 bits per heavy atom. The summed E-state index contributed by atoms with van der Waals surface area (Å²) in [5.74, 6) is 0. The van der Waals surface area contributed by atoms with Gasteiger partial charge in [0.05, 0.1) is 12.7 Å². The molecule has 1 N–H and O–H groups in total. The van der Waals surface area contributed by atoms with E-state index in [0.717, 1.165) is 32.8 Å². The van der Waals surface area contributed by atoms with Crippen molar-refractivity contribution < 1.29 is 9.84 Å². The second-order valence-electron chi connectivity index (χ2n) is 5.82. The summed E-state index contributed by atoms with van der Waals surface area (Å²) in [5, 5.41) is 11.6. The molecule has 1 aromatic rings. The van der Waals surface area contributed by atoms with Gasteiger partial charge in [-0.15, -0.1) is 0 Å². The third-order valence-corrected chi connectivity index (χ3v) is 4.76. The molecule has 0 amide bonds. The van der Waals surface area contributed by atoms with E-state index in [2.05, 4.69) is 16.7 Å². The first-order valence-corrected chi connectivity index (χ1v) is 8.35. The molecule has 1 heterocycles. The molecule has 0 spiro atoms. The van der Waals surface area contributed by atoms with E-state index < -0.39 is 6.10 Å². The van der Waals surface area contributed by atoms with E-state index in [-0.39, 0.29) is 0 Å². The van der Waals surface area contributed by atoms with Crippen LogP contribution in [0, 0.1) is 0 Å². The lowest BCUT2D eigenvalue weighted by Crippen LogP contribution is -2.53. The number of aliphatic hydroxyl groups excluding tert-OH is 1. The standard InChI is InChI=1S/C16H24Cl2N2O2/c1-12-10-19(5-6-20(12)7-8-22-2)11-16(21)14-9-13(17)3-4-15(14)18/h3-4,9,12,16,21H,5-8,10-11H2,1-2H3/t12-,16-/m0/s1. The Morgan fingerprint density at radius 3 is 2.82 bits per heavy atom. The molecule has 22 heavy (non-hydrogen) atoms. The van der Waals surface area contributed by atoms with Crippen LogP contribution >= 0.6 is 23.2 Å². The van der Waals surface area contributed by atoms with Gasteiger partial charge in [-0.2, -0.15) is 0 Å². The first kappa shape index (κ1) is 18.0. The van der Waals surface area contributed by atoms with Gasteiger partial charge in [0.15, 0.2) is 0 Å². The lowest BCUT2D eigenvalue weighted by atomic mass is 10.1. The predicted octanol–water partition coefficient (Wildman–Crippen LogP) is 2.68. The van der Waals surface area contributed by atoms with Gasteiger partial charge in [0.1, 0.15) is 0 Å². The van der Waals surface area contributed by atoms with Crippen LogP contribution in [-0.2, 0) is 4.74 Å². The van der Waals surface area contributed by atoms with Crippen molar-refractivity contribution in [2.75, 3.05) is 46.4 Å². The largest absolute Gasteiger partial charge is 0.387 e. The fourth-order valence-electron chi connectivity index (χ4n) is 2.89. The van der Waals surface area contributed by atoms with Crippen molar-refractivity contribution in [1.82, 2.24) is 9.80 Å². The molecule has 0 bridgehead atoms. The summed E-state index contributed by atoms with van der Waals surface area (Å²) in [6, 6.07) is 5.66. The van der Waals surface area contributed by atoms with Crippen molar-refractivity contribution in [2.45, 2.75) is 19.1 Å². The van der Waals surface area contributed by atoms with E-state index in [9.17, 15) is 5.11 Å². The van der Waals surface area contributed by atoms with Crippen LogP contribution in [0.1, 0.15) is 18.6 Å². The van der Waals surface area contributed by atoms with Gasteiger partial charge in [0.2, 0.25) is 0 Å². The second kappa shape index (κ2) is 8.48. The normalized spacial score (nSPS) is 22.0. The van der Waals surface area contributed by atoms with E-state index in [1.807, 2.05) is 0 Å². The number of methoxy groups -OCH3 is 1. The van der Waals surface area contributed by atoms with Crippen LogP contribution in [0.2, 0.25) is 10.0 Å². The summed E-state index contributed by atoms with van der Waals surface area (Å²) >= 11 is 12.2. The zero-order valence-corrected chi connectivity index (χ0v) is 14.6. The maximum absolute atomic E-state index is 10.5. The number of piperazine rings is 1. The number of halogens is 2. The molecule has 2 rings (SSSR count). The van der Waals surface area contributed by atoms with E-state index in [1.165, 1.54) is 0 Å². The molecule has 0 saturated carbocycles. The van der Waals surface area contributed by atoms with E-state index >= 15 is 0 Å².